The Bertz CT molecular complexity index is 1170. The normalized spacial score (nSPS) is 17.6. The minimum Gasteiger partial charge on any atom is -0.504 e. The molecular formula is C14H12N4O8S2. The first-order valence-corrected chi connectivity index (χ1v) is 10.2. The van der Waals surface area contributed by atoms with Crippen molar-refractivity contribution >= 4 is 43.2 Å². The van der Waals surface area contributed by atoms with Crippen molar-refractivity contribution in [1.82, 2.24) is 9.44 Å². The third-order valence-corrected chi connectivity index (χ3v) is 6.46. The molecule has 0 aliphatic carbocycles. The van der Waals surface area contributed by atoms with E-state index in [9.17, 15) is 36.6 Å². The third-order valence-electron chi connectivity index (χ3n) is 3.77. The van der Waals surface area contributed by atoms with Crippen LogP contribution in [0.1, 0.15) is 20.7 Å². The van der Waals surface area contributed by atoms with Gasteiger partial charge < -0.3 is 21.7 Å². The molecule has 2 amide bonds. The first kappa shape index (κ1) is 19.2. The molecule has 0 unspecified atom stereocenters. The van der Waals surface area contributed by atoms with Crippen LogP contribution in [0.4, 0.5) is 11.4 Å². The number of anilines is 2. The van der Waals surface area contributed by atoms with Gasteiger partial charge in [0.25, 0.3) is 31.9 Å². The second-order valence-corrected chi connectivity index (χ2v) is 9.00. The lowest BCUT2D eigenvalue weighted by atomic mass is 10.2. The standard InChI is InChI=1S/C14H12N4O8S2/c15-7-1-5-3-9(11(7)19)27(23,24)18-14(22)6-2-8(16)12(20)10(4-6)28(25,26)17-13(5)21/h1-4,19-20H,15-16H2,(H,17,21)(H,18,22). The van der Waals surface area contributed by atoms with Crippen molar-refractivity contribution < 1.29 is 36.6 Å². The summed E-state index contributed by atoms with van der Waals surface area (Å²) in [5, 5.41) is 19.9. The predicted octanol–water partition coefficient (Wildman–Crippen LogP) is -1.19. The average molecular weight is 428 g/mol. The summed E-state index contributed by atoms with van der Waals surface area (Å²) in [5.41, 5.74) is 8.77. The molecule has 1 aliphatic heterocycles. The van der Waals surface area contributed by atoms with Gasteiger partial charge in [-0.2, -0.15) is 0 Å². The number of carbonyl (C=O) groups excluding carboxylic acids is 2. The van der Waals surface area contributed by atoms with Crippen LogP contribution >= 0.6 is 0 Å². The molecule has 2 aromatic rings. The SMILES string of the molecule is Nc1cc2cc(c1O)S(=O)(=O)NC(=O)c1cc(N)c(O)c(c1)S(=O)(=O)NC2=O. The molecule has 12 nitrogen and oxygen atoms in total. The van der Waals surface area contributed by atoms with Gasteiger partial charge in [-0.25, -0.2) is 26.3 Å². The third kappa shape index (κ3) is 3.03. The molecule has 0 saturated carbocycles. The highest BCUT2D eigenvalue weighted by molar-refractivity contribution is 7.90. The van der Waals surface area contributed by atoms with Crippen LogP contribution < -0.4 is 20.9 Å². The van der Waals surface area contributed by atoms with Gasteiger partial charge in [0.2, 0.25) is 0 Å². The first-order chi connectivity index (χ1) is 12.8. The van der Waals surface area contributed by atoms with Gasteiger partial charge in [0.05, 0.1) is 11.4 Å². The highest BCUT2D eigenvalue weighted by Crippen LogP contribution is 2.33. The Morgan fingerprint density at radius 3 is 1.32 bits per heavy atom. The van der Waals surface area contributed by atoms with Crippen molar-refractivity contribution in [3.63, 3.8) is 0 Å². The van der Waals surface area contributed by atoms with Gasteiger partial charge in [0, 0.05) is 11.1 Å². The molecule has 1 aliphatic rings. The number of benzene rings is 2. The first-order valence-electron chi connectivity index (χ1n) is 7.23. The van der Waals surface area contributed by atoms with Gasteiger partial charge >= 0.3 is 0 Å². The van der Waals surface area contributed by atoms with Crippen LogP contribution in [-0.4, -0.2) is 38.9 Å². The Morgan fingerprint density at radius 2 is 1.00 bits per heavy atom. The van der Waals surface area contributed by atoms with Gasteiger partial charge in [0.15, 0.2) is 11.5 Å². The summed E-state index contributed by atoms with van der Waals surface area (Å²) in [6.07, 6.45) is 0. The number of amides is 2. The highest BCUT2D eigenvalue weighted by atomic mass is 32.2. The maximum atomic E-state index is 12.5. The molecule has 8 N–H and O–H groups in total. The molecule has 0 aromatic heterocycles. The fourth-order valence-corrected chi connectivity index (χ4v) is 4.66. The van der Waals surface area contributed by atoms with E-state index in [0.717, 1.165) is 12.1 Å². The van der Waals surface area contributed by atoms with E-state index in [1.165, 1.54) is 0 Å². The van der Waals surface area contributed by atoms with Crippen LogP contribution in [0.5, 0.6) is 11.5 Å². The van der Waals surface area contributed by atoms with Crippen molar-refractivity contribution in [2.75, 3.05) is 11.5 Å². The Kier molecular flexibility index (Phi) is 4.12. The number of aromatic hydroxyl groups is 2. The second kappa shape index (κ2) is 6.00. The van der Waals surface area contributed by atoms with E-state index in [4.69, 9.17) is 11.5 Å². The number of fused-ring (bicyclic) bond motifs is 4. The average Bonchev–Trinajstić information content (AvgIpc) is 2.57. The zero-order chi connectivity index (χ0) is 21.0. The van der Waals surface area contributed by atoms with Crippen molar-refractivity contribution in [3.8, 4) is 11.5 Å². The number of nitrogens with two attached hydrogens (primary N) is 2. The lowest BCUT2D eigenvalue weighted by molar-refractivity contribution is 0.0974. The molecule has 0 radical (unpaired) electrons. The number of hydrogen-bond donors (Lipinski definition) is 6. The number of rotatable bonds is 0. The smallest absolute Gasteiger partial charge is 0.268 e. The summed E-state index contributed by atoms with van der Waals surface area (Å²) in [7, 11) is -9.44. The largest absolute Gasteiger partial charge is 0.504 e. The fraction of sp³-hybridized carbons (Fsp3) is 0. The van der Waals surface area contributed by atoms with Gasteiger partial charge in [-0.1, -0.05) is 0 Å². The van der Waals surface area contributed by atoms with Crippen LogP contribution in [0.2, 0.25) is 0 Å². The number of phenols is 2. The molecular weight excluding hydrogens is 416 g/mol. The predicted molar refractivity (Wildman–Crippen MR) is 94.3 cm³/mol. The van der Waals surface area contributed by atoms with E-state index in [-0.39, 0.29) is 0 Å². The monoisotopic (exact) mass is 428 g/mol. The summed E-state index contributed by atoms with van der Waals surface area (Å²) in [5.74, 6) is -4.50. The van der Waals surface area contributed by atoms with E-state index >= 15 is 0 Å². The number of hydrogen-bond acceptors (Lipinski definition) is 10. The highest BCUT2D eigenvalue weighted by Gasteiger charge is 2.31. The van der Waals surface area contributed by atoms with Crippen LogP contribution in [0.25, 0.3) is 0 Å². The Balaban J connectivity index is 2.37. The van der Waals surface area contributed by atoms with E-state index < -0.39 is 75.7 Å². The molecule has 4 bridgehead atoms. The quantitative estimate of drug-likeness (QED) is 0.218. The van der Waals surface area contributed by atoms with Crippen LogP contribution in [0.3, 0.4) is 0 Å². The molecule has 2 aromatic carbocycles. The molecule has 14 heteroatoms. The molecule has 0 saturated heterocycles. The topological polar surface area (TPSA) is 219 Å². The molecule has 28 heavy (non-hydrogen) atoms. The van der Waals surface area contributed by atoms with Gasteiger partial charge in [0.1, 0.15) is 9.79 Å². The maximum absolute atomic E-state index is 12.5. The number of nitrogen functional groups attached to an aromatic ring is 2. The number of phenolic OH excluding ortho intramolecular Hbond substituents is 2. The van der Waals surface area contributed by atoms with Crippen LogP contribution in [0, 0.1) is 0 Å². The van der Waals surface area contributed by atoms with Gasteiger partial charge in [-0.05, 0) is 24.3 Å². The molecule has 0 atom stereocenters. The van der Waals surface area contributed by atoms with Crippen molar-refractivity contribution in [2.24, 2.45) is 0 Å². The summed E-state index contributed by atoms with van der Waals surface area (Å²) in [4.78, 5) is 22.8. The number of carbonyl (C=O) groups is 2. The number of nitrogens with one attached hydrogen (secondary N) is 2. The van der Waals surface area contributed by atoms with Crippen LogP contribution in [0.15, 0.2) is 34.1 Å². The van der Waals surface area contributed by atoms with Crippen molar-refractivity contribution in [3.05, 3.63) is 35.4 Å². The number of sulfonamides is 2. The van der Waals surface area contributed by atoms with E-state index in [0.29, 0.717) is 12.1 Å². The summed E-state index contributed by atoms with van der Waals surface area (Å²) in [6.45, 7) is 0. The second-order valence-electron chi connectivity index (χ2n) is 5.69. The molecule has 0 spiro atoms. The van der Waals surface area contributed by atoms with E-state index in [2.05, 4.69) is 0 Å². The zero-order valence-electron chi connectivity index (χ0n) is 13.6. The van der Waals surface area contributed by atoms with Gasteiger partial charge in [-0.3, -0.25) is 9.59 Å². The molecule has 0 fully saturated rings. The molecule has 3 rings (SSSR count). The zero-order valence-corrected chi connectivity index (χ0v) is 15.3. The van der Waals surface area contributed by atoms with Crippen molar-refractivity contribution in [1.29, 1.82) is 0 Å². The fourth-order valence-electron chi connectivity index (χ4n) is 2.40. The maximum Gasteiger partial charge on any atom is 0.268 e. The molecule has 1 heterocycles. The lowest BCUT2D eigenvalue weighted by Gasteiger charge is -2.16. The van der Waals surface area contributed by atoms with Crippen molar-refractivity contribution in [2.45, 2.75) is 9.79 Å². The minimum absolute atomic E-state index is 0.545. The minimum atomic E-state index is -4.72. The van der Waals surface area contributed by atoms with E-state index in [1.54, 1.807) is 9.44 Å². The Morgan fingerprint density at radius 1 is 0.679 bits per heavy atom. The lowest BCUT2D eigenvalue weighted by Crippen LogP contribution is -2.34. The summed E-state index contributed by atoms with van der Waals surface area (Å²) in [6, 6.07) is 2.93. The molecule has 148 valence electrons. The summed E-state index contributed by atoms with van der Waals surface area (Å²) < 4.78 is 53.1. The van der Waals surface area contributed by atoms with Crippen LogP contribution in [-0.2, 0) is 20.0 Å². The Hall–Kier alpha value is -3.52. The van der Waals surface area contributed by atoms with E-state index in [1.807, 2.05) is 0 Å². The van der Waals surface area contributed by atoms with Gasteiger partial charge in [-0.15, -0.1) is 0 Å². The summed E-state index contributed by atoms with van der Waals surface area (Å²) >= 11 is 0. The Labute approximate surface area is 157 Å².